The molecule has 136 valence electrons. The number of hydrogen-bond donors (Lipinski definition) is 0. The highest BCUT2D eigenvalue weighted by atomic mass is 16.5. The van der Waals surface area contributed by atoms with Gasteiger partial charge in [0.15, 0.2) is 11.5 Å². The summed E-state index contributed by atoms with van der Waals surface area (Å²) in [5, 5.41) is 8.87. The Morgan fingerprint density at radius 2 is 1.81 bits per heavy atom. The van der Waals surface area contributed by atoms with Crippen LogP contribution in [0.25, 0.3) is 0 Å². The normalized spacial score (nSPS) is 10.0. The molecular formula is C21H24N2O3. The first-order chi connectivity index (χ1) is 12.7. The van der Waals surface area contributed by atoms with Crippen LogP contribution < -0.4 is 9.47 Å². The number of carbonyl (C=O) groups excluding carboxylic acids is 1. The molecule has 2 rings (SSSR count). The number of rotatable bonds is 9. The van der Waals surface area contributed by atoms with Gasteiger partial charge in [-0.05, 0) is 36.2 Å². The lowest BCUT2D eigenvalue weighted by molar-refractivity contribution is -0.132. The van der Waals surface area contributed by atoms with Crippen molar-refractivity contribution in [2.75, 3.05) is 20.3 Å². The minimum Gasteiger partial charge on any atom is -0.493 e. The quantitative estimate of drug-likeness (QED) is 0.689. The molecule has 0 atom stereocenters. The van der Waals surface area contributed by atoms with Crippen LogP contribution in [0.1, 0.15) is 30.9 Å². The predicted molar refractivity (Wildman–Crippen MR) is 100.0 cm³/mol. The lowest BCUT2D eigenvalue weighted by Gasteiger charge is -2.22. The minimum absolute atomic E-state index is 0.0473. The second-order valence-corrected chi connectivity index (χ2v) is 5.87. The summed E-state index contributed by atoms with van der Waals surface area (Å²) in [6.45, 7) is 3.57. The van der Waals surface area contributed by atoms with Crippen LogP contribution in [0, 0.1) is 11.3 Å². The van der Waals surface area contributed by atoms with Crippen LogP contribution in [-0.2, 0) is 11.3 Å². The van der Waals surface area contributed by atoms with Crippen molar-refractivity contribution in [1.29, 1.82) is 5.26 Å². The average molecular weight is 352 g/mol. The third kappa shape index (κ3) is 5.52. The smallest absolute Gasteiger partial charge is 0.226 e. The van der Waals surface area contributed by atoms with E-state index in [9.17, 15) is 4.79 Å². The Hall–Kier alpha value is -3.00. The molecule has 5 nitrogen and oxygen atoms in total. The van der Waals surface area contributed by atoms with Gasteiger partial charge < -0.3 is 14.4 Å². The predicted octanol–water partition coefficient (Wildman–Crippen LogP) is 3.77. The van der Waals surface area contributed by atoms with Gasteiger partial charge in [0.2, 0.25) is 5.91 Å². The first kappa shape index (κ1) is 19.3. The summed E-state index contributed by atoms with van der Waals surface area (Å²) in [5.41, 5.74) is 1.63. The molecule has 0 aliphatic carbocycles. The summed E-state index contributed by atoms with van der Waals surface area (Å²) in [6, 6.07) is 16.8. The van der Waals surface area contributed by atoms with Gasteiger partial charge in [0, 0.05) is 13.1 Å². The summed E-state index contributed by atoms with van der Waals surface area (Å²) in [4.78, 5) is 14.4. The molecule has 26 heavy (non-hydrogen) atoms. The number of ether oxygens (including phenoxy) is 2. The third-order valence-corrected chi connectivity index (χ3v) is 3.95. The molecular weight excluding hydrogens is 328 g/mol. The molecule has 0 radical (unpaired) electrons. The molecule has 1 amide bonds. The SMILES string of the molecule is CCCN(Cc1ccc(C#N)cc1)C(=O)CCOc1ccccc1OC. The van der Waals surface area contributed by atoms with E-state index in [1.54, 1.807) is 19.2 Å². The van der Waals surface area contributed by atoms with Gasteiger partial charge in [-0.25, -0.2) is 0 Å². The van der Waals surface area contributed by atoms with E-state index in [2.05, 4.69) is 6.07 Å². The summed E-state index contributed by atoms with van der Waals surface area (Å²) in [6.07, 6.45) is 1.18. The van der Waals surface area contributed by atoms with Gasteiger partial charge in [0.25, 0.3) is 0 Å². The summed E-state index contributed by atoms with van der Waals surface area (Å²) in [7, 11) is 1.59. The van der Waals surface area contributed by atoms with Crippen LogP contribution in [0.2, 0.25) is 0 Å². The highest BCUT2D eigenvalue weighted by Gasteiger charge is 2.14. The molecule has 0 aliphatic rings. The van der Waals surface area contributed by atoms with Crippen molar-refractivity contribution in [2.45, 2.75) is 26.3 Å². The first-order valence-electron chi connectivity index (χ1n) is 8.70. The zero-order valence-electron chi connectivity index (χ0n) is 15.3. The molecule has 0 fully saturated rings. The average Bonchev–Trinajstić information content (AvgIpc) is 2.68. The number of para-hydroxylation sites is 2. The Kier molecular flexibility index (Phi) is 7.50. The third-order valence-electron chi connectivity index (χ3n) is 3.95. The number of amides is 1. The van der Waals surface area contributed by atoms with Crippen LogP contribution in [0.15, 0.2) is 48.5 Å². The molecule has 2 aromatic rings. The molecule has 5 heteroatoms. The molecule has 0 bridgehead atoms. The number of benzene rings is 2. The fourth-order valence-corrected chi connectivity index (χ4v) is 2.61. The van der Waals surface area contributed by atoms with E-state index in [4.69, 9.17) is 14.7 Å². The van der Waals surface area contributed by atoms with E-state index >= 15 is 0 Å². The van der Waals surface area contributed by atoms with Gasteiger partial charge in [-0.3, -0.25) is 4.79 Å². The van der Waals surface area contributed by atoms with Crippen LogP contribution >= 0.6 is 0 Å². The largest absolute Gasteiger partial charge is 0.493 e. The van der Waals surface area contributed by atoms with E-state index in [1.165, 1.54) is 0 Å². The maximum atomic E-state index is 12.6. The van der Waals surface area contributed by atoms with E-state index < -0.39 is 0 Å². The molecule has 0 aromatic heterocycles. The summed E-state index contributed by atoms with van der Waals surface area (Å²) in [5.74, 6) is 1.34. The van der Waals surface area contributed by atoms with Crippen molar-refractivity contribution < 1.29 is 14.3 Å². The maximum Gasteiger partial charge on any atom is 0.226 e. The lowest BCUT2D eigenvalue weighted by Crippen LogP contribution is -2.32. The molecule has 2 aromatic carbocycles. The van der Waals surface area contributed by atoms with E-state index in [-0.39, 0.29) is 5.91 Å². The highest BCUT2D eigenvalue weighted by molar-refractivity contribution is 5.76. The highest BCUT2D eigenvalue weighted by Crippen LogP contribution is 2.25. The van der Waals surface area contributed by atoms with Crippen LogP contribution in [-0.4, -0.2) is 31.1 Å². The van der Waals surface area contributed by atoms with Crippen LogP contribution in [0.4, 0.5) is 0 Å². The maximum absolute atomic E-state index is 12.6. The number of hydrogen-bond acceptors (Lipinski definition) is 4. The molecule has 0 saturated heterocycles. The Bertz CT molecular complexity index is 751. The number of carbonyl (C=O) groups is 1. The molecule has 0 N–H and O–H groups in total. The fraction of sp³-hybridized carbons (Fsp3) is 0.333. The fourth-order valence-electron chi connectivity index (χ4n) is 2.61. The zero-order chi connectivity index (χ0) is 18.8. The molecule has 0 heterocycles. The topological polar surface area (TPSA) is 62.6 Å². The van der Waals surface area contributed by atoms with E-state index in [1.807, 2.05) is 48.2 Å². The first-order valence-corrected chi connectivity index (χ1v) is 8.70. The Morgan fingerprint density at radius 1 is 1.12 bits per heavy atom. The standard InChI is InChI=1S/C21H24N2O3/c1-3-13-23(16-18-10-8-17(15-22)9-11-18)21(24)12-14-26-20-7-5-4-6-19(20)25-2/h4-11H,3,12-14,16H2,1-2H3. The van der Waals surface area contributed by atoms with E-state index in [0.29, 0.717) is 43.2 Å². The van der Waals surface area contributed by atoms with Gasteiger partial charge in [-0.1, -0.05) is 31.2 Å². The second-order valence-electron chi connectivity index (χ2n) is 5.87. The number of nitriles is 1. The van der Waals surface area contributed by atoms with Gasteiger partial charge in [0.05, 0.1) is 31.8 Å². The van der Waals surface area contributed by atoms with Crippen molar-refractivity contribution in [3.8, 4) is 17.6 Å². The molecule has 0 aliphatic heterocycles. The monoisotopic (exact) mass is 352 g/mol. The van der Waals surface area contributed by atoms with Gasteiger partial charge in [0.1, 0.15) is 0 Å². The summed E-state index contributed by atoms with van der Waals surface area (Å²) < 4.78 is 10.9. The van der Waals surface area contributed by atoms with Gasteiger partial charge in [-0.2, -0.15) is 5.26 Å². The van der Waals surface area contributed by atoms with Gasteiger partial charge >= 0.3 is 0 Å². The molecule has 0 spiro atoms. The van der Waals surface area contributed by atoms with Crippen LogP contribution in [0.3, 0.4) is 0 Å². The zero-order valence-corrected chi connectivity index (χ0v) is 15.3. The van der Waals surface area contributed by atoms with E-state index in [0.717, 1.165) is 12.0 Å². The van der Waals surface area contributed by atoms with Crippen molar-refractivity contribution >= 4 is 5.91 Å². The molecule has 0 saturated carbocycles. The van der Waals surface area contributed by atoms with Crippen molar-refractivity contribution in [1.82, 2.24) is 4.90 Å². The van der Waals surface area contributed by atoms with Crippen molar-refractivity contribution in [3.05, 3.63) is 59.7 Å². The summed E-state index contributed by atoms with van der Waals surface area (Å²) >= 11 is 0. The van der Waals surface area contributed by atoms with Crippen LogP contribution in [0.5, 0.6) is 11.5 Å². The van der Waals surface area contributed by atoms with Gasteiger partial charge in [-0.15, -0.1) is 0 Å². The number of nitrogens with zero attached hydrogens (tertiary/aromatic N) is 2. The Morgan fingerprint density at radius 3 is 2.42 bits per heavy atom. The lowest BCUT2D eigenvalue weighted by atomic mass is 10.1. The van der Waals surface area contributed by atoms with Crippen molar-refractivity contribution in [3.63, 3.8) is 0 Å². The minimum atomic E-state index is 0.0473. The second kappa shape index (κ2) is 10.1. The molecule has 0 unspecified atom stereocenters. The Labute approximate surface area is 154 Å². The number of methoxy groups -OCH3 is 1. The van der Waals surface area contributed by atoms with Crippen molar-refractivity contribution in [2.24, 2.45) is 0 Å². The Balaban J connectivity index is 1.91.